The molecule has 0 atom stereocenters. The largest absolute Gasteiger partial charge is 0.444 e. The van der Waals surface area contributed by atoms with E-state index in [0.29, 0.717) is 22.4 Å². The minimum atomic E-state index is -0.637. The molecule has 1 saturated carbocycles. The van der Waals surface area contributed by atoms with E-state index in [2.05, 4.69) is 20.6 Å². The van der Waals surface area contributed by atoms with Crippen molar-refractivity contribution < 1.29 is 14.3 Å². The van der Waals surface area contributed by atoms with E-state index in [0.717, 1.165) is 18.5 Å². The molecule has 3 rings (SSSR count). The van der Waals surface area contributed by atoms with Gasteiger partial charge in [-0.3, -0.25) is 15.4 Å². The number of aryl methyl sites for hydroxylation is 1. The third-order valence-electron chi connectivity index (χ3n) is 3.62. The molecule has 8 heteroatoms. The van der Waals surface area contributed by atoms with Crippen LogP contribution >= 0.6 is 11.3 Å². The van der Waals surface area contributed by atoms with E-state index in [9.17, 15) is 9.59 Å². The molecule has 1 aliphatic carbocycles. The van der Waals surface area contributed by atoms with Gasteiger partial charge < -0.3 is 4.74 Å². The lowest BCUT2D eigenvalue weighted by Gasteiger charge is -2.20. The van der Waals surface area contributed by atoms with Crippen molar-refractivity contribution in [2.45, 2.75) is 52.1 Å². The second-order valence-electron chi connectivity index (χ2n) is 7.28. The van der Waals surface area contributed by atoms with E-state index >= 15 is 0 Å². The summed E-state index contributed by atoms with van der Waals surface area (Å²) in [5.74, 6) is 0.106. The number of nitrogens with one attached hydrogen (secondary N) is 2. The van der Waals surface area contributed by atoms with Crippen molar-refractivity contribution >= 4 is 34.2 Å². The number of rotatable bonds is 4. The summed E-state index contributed by atoms with van der Waals surface area (Å²) in [5.41, 5.74) is 1.47. The summed E-state index contributed by atoms with van der Waals surface area (Å²) in [4.78, 5) is 33.4. The highest BCUT2D eigenvalue weighted by Gasteiger charge is 2.27. The van der Waals surface area contributed by atoms with E-state index in [4.69, 9.17) is 4.74 Å². The molecule has 0 unspecified atom stereocenters. The third kappa shape index (κ3) is 4.78. The maximum Gasteiger partial charge on any atom is 0.412 e. The number of ether oxygens (including phenoxy) is 1. The van der Waals surface area contributed by atoms with Gasteiger partial charge in [-0.2, -0.15) is 0 Å². The van der Waals surface area contributed by atoms with E-state index < -0.39 is 17.6 Å². The Morgan fingerprint density at radius 2 is 1.92 bits per heavy atom. The lowest BCUT2D eigenvalue weighted by Crippen LogP contribution is -2.28. The fraction of sp³-hybridized carbons (Fsp3) is 0.444. The third-order valence-corrected chi connectivity index (χ3v) is 4.40. The Hall–Kier alpha value is -2.48. The summed E-state index contributed by atoms with van der Waals surface area (Å²) in [6, 6.07) is 3.36. The van der Waals surface area contributed by atoms with Gasteiger partial charge >= 0.3 is 6.09 Å². The molecule has 0 aromatic carbocycles. The van der Waals surface area contributed by atoms with Crippen LogP contribution < -0.4 is 10.6 Å². The van der Waals surface area contributed by atoms with E-state index in [1.54, 1.807) is 39.8 Å². The Morgan fingerprint density at radius 3 is 2.58 bits per heavy atom. The predicted octanol–water partition coefficient (Wildman–Crippen LogP) is 4.32. The summed E-state index contributed by atoms with van der Waals surface area (Å²) in [7, 11) is 0. The smallest absolute Gasteiger partial charge is 0.412 e. The molecule has 7 nitrogen and oxygen atoms in total. The van der Waals surface area contributed by atoms with Crippen molar-refractivity contribution in [1.29, 1.82) is 0 Å². The van der Waals surface area contributed by atoms with E-state index in [1.807, 2.05) is 5.38 Å². The molecular formula is C18H22N4O3S. The number of hydrogen-bond donors (Lipinski definition) is 2. The van der Waals surface area contributed by atoms with Crippen LogP contribution in [-0.4, -0.2) is 27.6 Å². The van der Waals surface area contributed by atoms with Gasteiger partial charge in [0.1, 0.15) is 5.60 Å². The van der Waals surface area contributed by atoms with Gasteiger partial charge in [-0.25, -0.2) is 14.8 Å². The van der Waals surface area contributed by atoms with E-state index in [1.165, 1.54) is 11.3 Å². The number of thiazole rings is 1. The van der Waals surface area contributed by atoms with Crippen molar-refractivity contribution in [3.05, 3.63) is 34.6 Å². The first-order valence-corrected chi connectivity index (χ1v) is 9.33. The van der Waals surface area contributed by atoms with Crippen LogP contribution in [0.15, 0.2) is 17.5 Å². The number of nitrogens with zero attached hydrogens (tertiary/aromatic N) is 2. The van der Waals surface area contributed by atoms with Crippen LogP contribution in [-0.2, 0) is 4.74 Å². The Labute approximate surface area is 156 Å². The summed E-state index contributed by atoms with van der Waals surface area (Å²) in [6.45, 7) is 7.09. The SMILES string of the molecule is Cc1ccc(NC(=O)OC(C)(C)C)c(C(=O)Nc2nc(C3CC3)cs2)n1. The monoisotopic (exact) mass is 374 g/mol. The van der Waals surface area contributed by atoms with Gasteiger partial charge in [0.2, 0.25) is 0 Å². The van der Waals surface area contributed by atoms with Gasteiger partial charge in [-0.15, -0.1) is 11.3 Å². The standard InChI is InChI=1S/C18H22N4O3S/c1-10-5-8-12(21-17(24)25-18(2,3)4)14(19-10)15(23)22-16-20-13(9-26-16)11-6-7-11/h5,8-9,11H,6-7H2,1-4H3,(H,21,24)(H,20,22,23). The molecule has 0 radical (unpaired) electrons. The molecule has 2 N–H and O–H groups in total. The lowest BCUT2D eigenvalue weighted by molar-refractivity contribution is 0.0636. The van der Waals surface area contributed by atoms with Gasteiger partial charge in [-0.1, -0.05) is 0 Å². The molecule has 0 saturated heterocycles. The average molecular weight is 374 g/mol. The first-order valence-electron chi connectivity index (χ1n) is 8.46. The van der Waals surface area contributed by atoms with Crippen molar-refractivity contribution in [1.82, 2.24) is 9.97 Å². The summed E-state index contributed by atoms with van der Waals surface area (Å²) in [5, 5.41) is 7.86. The number of carbonyl (C=O) groups is 2. The molecular weight excluding hydrogens is 352 g/mol. The summed E-state index contributed by atoms with van der Waals surface area (Å²) >= 11 is 1.39. The molecule has 1 fully saturated rings. The zero-order chi connectivity index (χ0) is 18.9. The highest BCUT2D eigenvalue weighted by atomic mass is 32.1. The van der Waals surface area contributed by atoms with Crippen molar-refractivity contribution in [3.63, 3.8) is 0 Å². The highest BCUT2D eigenvalue weighted by molar-refractivity contribution is 7.14. The van der Waals surface area contributed by atoms with E-state index in [-0.39, 0.29) is 5.69 Å². The molecule has 0 spiro atoms. The Kier molecular flexibility index (Phi) is 4.95. The van der Waals surface area contributed by atoms with Crippen molar-refractivity contribution in [3.8, 4) is 0 Å². The van der Waals surface area contributed by atoms with Crippen molar-refractivity contribution in [2.75, 3.05) is 10.6 Å². The minimum absolute atomic E-state index is 0.124. The first kappa shape index (κ1) is 18.3. The zero-order valence-electron chi connectivity index (χ0n) is 15.3. The normalized spacial score (nSPS) is 14.0. The van der Waals surface area contributed by atoms with Gasteiger partial charge in [0.15, 0.2) is 10.8 Å². The fourth-order valence-electron chi connectivity index (χ4n) is 2.31. The Balaban J connectivity index is 1.75. The van der Waals surface area contributed by atoms with Crippen LogP contribution in [0, 0.1) is 6.92 Å². The molecule has 2 amide bonds. The topological polar surface area (TPSA) is 93.2 Å². The van der Waals surface area contributed by atoms with Crippen LogP contribution in [0.25, 0.3) is 0 Å². The molecule has 1 aliphatic rings. The number of amides is 2. The van der Waals surface area contributed by atoms with Gasteiger partial charge in [0, 0.05) is 17.0 Å². The Bertz CT molecular complexity index is 837. The van der Waals surface area contributed by atoms with Gasteiger partial charge in [0.25, 0.3) is 5.91 Å². The lowest BCUT2D eigenvalue weighted by atomic mass is 10.2. The molecule has 2 aromatic heterocycles. The molecule has 0 aliphatic heterocycles. The average Bonchev–Trinajstić information content (AvgIpc) is 3.27. The predicted molar refractivity (Wildman–Crippen MR) is 101 cm³/mol. The minimum Gasteiger partial charge on any atom is -0.444 e. The number of hydrogen-bond acceptors (Lipinski definition) is 6. The second kappa shape index (κ2) is 7.03. The number of carbonyl (C=O) groups excluding carboxylic acids is 2. The van der Waals surface area contributed by atoms with Crippen molar-refractivity contribution in [2.24, 2.45) is 0 Å². The molecule has 26 heavy (non-hydrogen) atoms. The first-order chi connectivity index (χ1) is 12.2. The fourth-order valence-corrected chi connectivity index (χ4v) is 3.10. The maximum atomic E-state index is 12.6. The molecule has 2 heterocycles. The number of anilines is 2. The zero-order valence-corrected chi connectivity index (χ0v) is 16.1. The van der Waals surface area contributed by atoms with Crippen LogP contribution in [0.2, 0.25) is 0 Å². The summed E-state index contributed by atoms with van der Waals surface area (Å²) < 4.78 is 5.24. The van der Waals surface area contributed by atoms with Crippen LogP contribution in [0.5, 0.6) is 0 Å². The molecule has 2 aromatic rings. The Morgan fingerprint density at radius 1 is 1.19 bits per heavy atom. The number of aromatic nitrogens is 2. The molecule has 138 valence electrons. The summed E-state index contributed by atoms with van der Waals surface area (Å²) in [6.07, 6.45) is 1.67. The van der Waals surface area contributed by atoms with Crippen LogP contribution in [0.1, 0.15) is 61.4 Å². The van der Waals surface area contributed by atoms with Crippen LogP contribution in [0.3, 0.4) is 0 Å². The number of pyridine rings is 1. The second-order valence-corrected chi connectivity index (χ2v) is 8.14. The highest BCUT2D eigenvalue weighted by Crippen LogP contribution is 2.40. The van der Waals surface area contributed by atoms with Crippen LogP contribution in [0.4, 0.5) is 15.6 Å². The van der Waals surface area contributed by atoms with Gasteiger partial charge in [-0.05, 0) is 52.7 Å². The van der Waals surface area contributed by atoms with Gasteiger partial charge in [0.05, 0.1) is 11.4 Å². The molecule has 0 bridgehead atoms. The maximum absolute atomic E-state index is 12.6. The quantitative estimate of drug-likeness (QED) is 0.831.